The van der Waals surface area contributed by atoms with Crippen LogP contribution in [0.1, 0.15) is 5.56 Å². The molecule has 0 amide bonds. The van der Waals surface area contributed by atoms with Crippen LogP contribution in [0.25, 0.3) is 0 Å². The Morgan fingerprint density at radius 3 is 2.15 bits per heavy atom. The number of ether oxygens (including phenoxy) is 2. The van der Waals surface area contributed by atoms with E-state index < -0.39 is 24.0 Å². The van der Waals surface area contributed by atoms with E-state index in [4.69, 9.17) is 9.47 Å². The first-order valence-corrected chi connectivity index (χ1v) is 5.47. The topological polar surface area (TPSA) is 40.0 Å². The number of alkyl halides is 3. The lowest BCUT2D eigenvalue weighted by atomic mass is 10.1. The number of hydrogen-bond donors (Lipinski definition) is 0. The van der Waals surface area contributed by atoms with Crippen LogP contribution < -0.4 is 0 Å². The summed E-state index contributed by atoms with van der Waals surface area (Å²) in [6.45, 7) is -0.312. The fourth-order valence-electron chi connectivity index (χ4n) is 1.27. The summed E-state index contributed by atoms with van der Waals surface area (Å²) in [5.41, 5.74) is -1.56. The fraction of sp³-hybridized carbons (Fsp3) is 0.417. The minimum absolute atomic E-state index is 0.301. The molecule has 112 valence electrons. The van der Waals surface area contributed by atoms with E-state index in [1.165, 1.54) is 14.2 Å². The molecular weight excluding hydrogens is 282 g/mol. The van der Waals surface area contributed by atoms with Gasteiger partial charge >= 0.3 is 6.18 Å². The average Bonchev–Trinajstić information content (AvgIpc) is 2.39. The molecule has 1 aromatic carbocycles. The lowest BCUT2D eigenvalue weighted by molar-refractivity contribution is -0.141. The highest BCUT2D eigenvalue weighted by Crippen LogP contribution is 2.23. The molecule has 1 aromatic rings. The molecule has 0 aliphatic carbocycles. The number of hydrogen-bond acceptors (Lipinski definition) is 4. The molecule has 0 unspecified atom stereocenters. The molecule has 0 bridgehead atoms. The second-order valence-electron chi connectivity index (χ2n) is 3.64. The van der Waals surface area contributed by atoms with Gasteiger partial charge in [-0.25, -0.2) is 4.39 Å². The van der Waals surface area contributed by atoms with Gasteiger partial charge in [-0.3, -0.25) is 0 Å². The molecule has 0 aliphatic heterocycles. The van der Waals surface area contributed by atoms with Gasteiger partial charge in [0.2, 0.25) is 0 Å². The van der Waals surface area contributed by atoms with E-state index >= 15 is 0 Å². The Morgan fingerprint density at radius 2 is 1.70 bits per heavy atom. The maximum Gasteiger partial charge on any atom is 0.437 e. The molecule has 0 N–H and O–H groups in total. The van der Waals surface area contributed by atoms with Crippen molar-refractivity contribution in [3.8, 4) is 0 Å². The highest BCUT2D eigenvalue weighted by Gasteiger charge is 2.38. The van der Waals surface area contributed by atoms with Crippen molar-refractivity contribution < 1.29 is 31.9 Å². The van der Waals surface area contributed by atoms with Crippen molar-refractivity contribution >= 4 is 5.71 Å². The summed E-state index contributed by atoms with van der Waals surface area (Å²) in [6, 6.07) is 3.75. The molecule has 20 heavy (non-hydrogen) atoms. The predicted octanol–water partition coefficient (Wildman–Crippen LogP) is 2.73. The smallest absolute Gasteiger partial charge is 0.390 e. The maximum absolute atomic E-state index is 12.8. The standard InChI is InChI=1S/C12H13F4NO3/c1-18-10(19-2)7-20-17-11(12(14,15)16)8-3-5-9(13)6-4-8/h3-6,10H,7H2,1-2H3. The van der Waals surface area contributed by atoms with Crippen LogP contribution in [0.2, 0.25) is 0 Å². The third-order valence-electron chi connectivity index (χ3n) is 2.28. The normalized spacial score (nSPS) is 12.8. The second kappa shape index (κ2) is 7.20. The quantitative estimate of drug-likeness (QED) is 0.351. The molecule has 0 spiro atoms. The van der Waals surface area contributed by atoms with Crippen LogP contribution in [0, 0.1) is 5.82 Å². The zero-order chi connectivity index (χ0) is 15.2. The molecule has 8 heteroatoms. The summed E-state index contributed by atoms with van der Waals surface area (Å²) >= 11 is 0. The summed E-state index contributed by atoms with van der Waals surface area (Å²) in [6.07, 6.45) is -5.56. The Hall–Kier alpha value is -1.67. The van der Waals surface area contributed by atoms with Crippen molar-refractivity contribution in [2.75, 3.05) is 20.8 Å². The van der Waals surface area contributed by atoms with Gasteiger partial charge in [-0.15, -0.1) is 0 Å². The van der Waals surface area contributed by atoms with Gasteiger partial charge in [-0.2, -0.15) is 13.2 Å². The van der Waals surface area contributed by atoms with Crippen molar-refractivity contribution in [2.24, 2.45) is 5.16 Å². The van der Waals surface area contributed by atoms with Crippen molar-refractivity contribution in [1.29, 1.82) is 0 Å². The number of benzene rings is 1. The van der Waals surface area contributed by atoms with E-state index in [-0.39, 0.29) is 12.2 Å². The van der Waals surface area contributed by atoms with E-state index in [1.807, 2.05) is 0 Å². The molecule has 0 fully saturated rings. The largest absolute Gasteiger partial charge is 0.437 e. The molecule has 0 radical (unpaired) electrons. The van der Waals surface area contributed by atoms with Crippen LogP contribution in [0.3, 0.4) is 0 Å². The minimum Gasteiger partial charge on any atom is -0.390 e. The first-order chi connectivity index (χ1) is 9.38. The van der Waals surface area contributed by atoms with Crippen LogP contribution in [0.5, 0.6) is 0 Å². The van der Waals surface area contributed by atoms with Gasteiger partial charge in [-0.05, 0) is 24.3 Å². The highest BCUT2D eigenvalue weighted by atomic mass is 19.4. The van der Waals surface area contributed by atoms with Crippen molar-refractivity contribution in [1.82, 2.24) is 0 Å². The number of rotatable bonds is 6. The highest BCUT2D eigenvalue weighted by molar-refractivity contribution is 6.04. The maximum atomic E-state index is 12.8. The summed E-state index contributed by atoms with van der Waals surface area (Å²) in [5, 5.41) is 3.04. The molecule has 4 nitrogen and oxygen atoms in total. The van der Waals surface area contributed by atoms with E-state index in [1.54, 1.807) is 0 Å². The monoisotopic (exact) mass is 295 g/mol. The van der Waals surface area contributed by atoms with Gasteiger partial charge in [0.15, 0.2) is 18.6 Å². The fourth-order valence-corrected chi connectivity index (χ4v) is 1.27. The molecular formula is C12H13F4NO3. The van der Waals surface area contributed by atoms with Gasteiger partial charge in [0, 0.05) is 19.8 Å². The molecule has 0 atom stereocenters. The molecule has 1 rings (SSSR count). The van der Waals surface area contributed by atoms with Gasteiger partial charge in [0.05, 0.1) is 0 Å². The van der Waals surface area contributed by atoms with Crippen molar-refractivity contribution in [2.45, 2.75) is 12.5 Å². The van der Waals surface area contributed by atoms with Gasteiger partial charge < -0.3 is 14.3 Å². The number of nitrogens with zero attached hydrogens (tertiary/aromatic N) is 1. The Morgan fingerprint density at radius 1 is 1.15 bits per heavy atom. The third-order valence-corrected chi connectivity index (χ3v) is 2.28. The lowest BCUT2D eigenvalue weighted by Crippen LogP contribution is -2.26. The summed E-state index contributed by atoms with van der Waals surface area (Å²) in [7, 11) is 2.62. The number of oxime groups is 1. The molecule has 0 aliphatic rings. The lowest BCUT2D eigenvalue weighted by Gasteiger charge is -2.13. The number of halogens is 4. The Bertz CT molecular complexity index is 441. The zero-order valence-electron chi connectivity index (χ0n) is 10.8. The first kappa shape index (κ1) is 16.4. The Balaban J connectivity index is 2.88. The summed E-state index contributed by atoms with van der Waals surface area (Å²) in [4.78, 5) is 4.58. The van der Waals surface area contributed by atoms with Crippen molar-refractivity contribution in [3.63, 3.8) is 0 Å². The SMILES string of the molecule is COC(CON=C(c1ccc(F)cc1)C(F)(F)F)OC. The predicted molar refractivity (Wildman–Crippen MR) is 62.8 cm³/mol. The van der Waals surface area contributed by atoms with Crippen LogP contribution in [0.4, 0.5) is 17.6 Å². The van der Waals surface area contributed by atoms with E-state index in [0.29, 0.717) is 0 Å². The van der Waals surface area contributed by atoms with Crippen LogP contribution >= 0.6 is 0 Å². The number of methoxy groups -OCH3 is 2. The van der Waals surface area contributed by atoms with Crippen LogP contribution in [-0.2, 0) is 14.3 Å². The molecule has 0 saturated heterocycles. The van der Waals surface area contributed by atoms with Gasteiger partial charge in [0.25, 0.3) is 0 Å². The van der Waals surface area contributed by atoms with Crippen LogP contribution in [0.15, 0.2) is 29.4 Å². The van der Waals surface area contributed by atoms with Crippen LogP contribution in [-0.4, -0.2) is 39.0 Å². The van der Waals surface area contributed by atoms with Gasteiger partial charge in [0.1, 0.15) is 5.82 Å². The zero-order valence-corrected chi connectivity index (χ0v) is 10.8. The summed E-state index contributed by atoms with van der Waals surface area (Å²) < 4.78 is 60.7. The molecule has 0 saturated carbocycles. The molecule has 0 heterocycles. The average molecular weight is 295 g/mol. The first-order valence-electron chi connectivity index (χ1n) is 5.47. The van der Waals surface area contributed by atoms with Crippen molar-refractivity contribution in [3.05, 3.63) is 35.6 Å². The molecule has 0 aromatic heterocycles. The van der Waals surface area contributed by atoms with Gasteiger partial charge in [-0.1, -0.05) is 5.16 Å². The van der Waals surface area contributed by atoms with E-state index in [9.17, 15) is 17.6 Å². The Kier molecular flexibility index (Phi) is 5.90. The third kappa shape index (κ3) is 4.78. The minimum atomic E-state index is -4.73. The Labute approximate surface area is 112 Å². The summed E-state index contributed by atoms with van der Waals surface area (Å²) in [5.74, 6) is -0.643. The second-order valence-corrected chi connectivity index (χ2v) is 3.64. The van der Waals surface area contributed by atoms with E-state index in [2.05, 4.69) is 9.99 Å². The van der Waals surface area contributed by atoms with E-state index in [0.717, 1.165) is 24.3 Å².